The van der Waals surface area contributed by atoms with Gasteiger partial charge in [0, 0.05) is 43.0 Å². The molecule has 1 aromatic carbocycles. The predicted octanol–water partition coefficient (Wildman–Crippen LogP) is 2.93. The Morgan fingerprint density at radius 3 is 2.96 bits per heavy atom. The molecule has 0 aliphatic rings. The molecule has 27 heavy (non-hydrogen) atoms. The van der Waals surface area contributed by atoms with Crippen molar-refractivity contribution in [3.8, 4) is 5.75 Å². The van der Waals surface area contributed by atoms with Crippen LogP contribution in [0.5, 0.6) is 5.75 Å². The van der Waals surface area contributed by atoms with Crippen LogP contribution in [0.3, 0.4) is 0 Å². The molecule has 3 aromatic rings. The lowest BCUT2D eigenvalue weighted by Crippen LogP contribution is -2.37. The summed E-state index contributed by atoms with van der Waals surface area (Å²) in [6.45, 7) is 4.72. The van der Waals surface area contributed by atoms with Crippen LogP contribution in [-0.4, -0.2) is 28.1 Å². The number of halogens is 1. The number of aryl methyl sites for hydroxylation is 2. The van der Waals surface area contributed by atoms with E-state index >= 15 is 0 Å². The summed E-state index contributed by atoms with van der Waals surface area (Å²) in [7, 11) is 0. The third-order valence-electron chi connectivity index (χ3n) is 4.13. The molecule has 8 heteroatoms. The fourth-order valence-electron chi connectivity index (χ4n) is 2.69. The van der Waals surface area contributed by atoms with Crippen molar-refractivity contribution in [2.24, 2.45) is 0 Å². The number of rotatable bonds is 7. The fourth-order valence-corrected chi connectivity index (χ4v) is 2.90. The number of carbonyl (C=O) groups excluding carboxylic acids is 1. The van der Waals surface area contributed by atoms with Crippen LogP contribution >= 0.6 is 11.6 Å². The number of benzene rings is 1. The second-order valence-electron chi connectivity index (χ2n) is 6.23. The first-order valence-corrected chi connectivity index (χ1v) is 8.96. The van der Waals surface area contributed by atoms with Crippen molar-refractivity contribution in [2.75, 3.05) is 6.54 Å². The van der Waals surface area contributed by atoms with Gasteiger partial charge in [-0.25, -0.2) is 9.78 Å². The Kier molecular flexibility index (Phi) is 5.81. The van der Waals surface area contributed by atoms with E-state index in [-0.39, 0.29) is 5.91 Å². The van der Waals surface area contributed by atoms with Crippen LogP contribution in [-0.2, 0) is 11.3 Å². The lowest BCUT2D eigenvalue weighted by atomic mass is 10.1. The summed E-state index contributed by atoms with van der Waals surface area (Å²) in [6.07, 6.45) is 5.34. The van der Waals surface area contributed by atoms with Crippen molar-refractivity contribution in [2.45, 2.75) is 32.9 Å². The van der Waals surface area contributed by atoms with Crippen molar-refractivity contribution in [3.05, 3.63) is 57.9 Å². The summed E-state index contributed by atoms with van der Waals surface area (Å²) in [4.78, 5) is 27.7. The molecule has 142 valence electrons. The largest absolute Gasteiger partial charge is 0.479 e. The lowest BCUT2D eigenvalue weighted by Gasteiger charge is -2.16. The van der Waals surface area contributed by atoms with Gasteiger partial charge in [0.2, 0.25) is 0 Å². The Morgan fingerprint density at radius 2 is 2.22 bits per heavy atom. The molecule has 0 spiro atoms. The van der Waals surface area contributed by atoms with Gasteiger partial charge in [0.25, 0.3) is 5.91 Å². The van der Waals surface area contributed by atoms with Crippen LogP contribution in [0.4, 0.5) is 0 Å². The minimum absolute atomic E-state index is 0.248. The lowest BCUT2D eigenvalue weighted by molar-refractivity contribution is -0.127. The van der Waals surface area contributed by atoms with E-state index in [1.807, 2.05) is 10.8 Å². The third kappa shape index (κ3) is 4.68. The van der Waals surface area contributed by atoms with Gasteiger partial charge in [-0.3, -0.25) is 4.79 Å². The number of amides is 1. The van der Waals surface area contributed by atoms with Crippen LogP contribution in [0.1, 0.15) is 18.9 Å². The molecule has 2 aromatic heterocycles. The Balaban J connectivity index is 1.61. The highest BCUT2D eigenvalue weighted by Crippen LogP contribution is 2.31. The molecule has 1 N–H and O–H groups in total. The Labute approximate surface area is 160 Å². The first kappa shape index (κ1) is 19.0. The van der Waals surface area contributed by atoms with Crippen LogP contribution in [0.15, 0.2) is 46.1 Å². The van der Waals surface area contributed by atoms with Gasteiger partial charge in [0.15, 0.2) is 6.10 Å². The Morgan fingerprint density at radius 1 is 1.41 bits per heavy atom. The maximum absolute atomic E-state index is 12.2. The highest BCUT2D eigenvalue weighted by Gasteiger charge is 2.17. The maximum Gasteiger partial charge on any atom is 0.336 e. The number of aromatic nitrogens is 2. The molecule has 0 bridgehead atoms. The quantitative estimate of drug-likeness (QED) is 0.496. The van der Waals surface area contributed by atoms with Gasteiger partial charge in [-0.1, -0.05) is 11.6 Å². The van der Waals surface area contributed by atoms with E-state index in [0.29, 0.717) is 22.9 Å². The summed E-state index contributed by atoms with van der Waals surface area (Å²) in [5.41, 5.74) is 0.683. The minimum atomic E-state index is -0.746. The van der Waals surface area contributed by atoms with Gasteiger partial charge in [-0.05, 0) is 31.9 Å². The zero-order chi connectivity index (χ0) is 19.4. The molecule has 3 rings (SSSR count). The molecular formula is C19H20ClN3O4. The number of imidazole rings is 1. The molecule has 0 saturated heterocycles. The fraction of sp³-hybridized carbons (Fsp3) is 0.316. The maximum atomic E-state index is 12.2. The zero-order valence-electron chi connectivity index (χ0n) is 15.1. The standard InChI is InChI=1S/C19H20ClN3O4/c1-12-8-18(24)27-16-10-17(15(20)9-14(12)16)26-13(2)19(25)22-4-3-6-23-7-5-21-11-23/h5,7-11,13H,3-4,6H2,1-2H3,(H,22,25). The molecule has 7 nitrogen and oxygen atoms in total. The number of hydrogen-bond acceptors (Lipinski definition) is 5. The summed E-state index contributed by atoms with van der Waals surface area (Å²) in [5.74, 6) is 0.0430. The average Bonchev–Trinajstić information content (AvgIpc) is 3.13. The smallest absolute Gasteiger partial charge is 0.336 e. The first-order chi connectivity index (χ1) is 12.9. The number of nitrogens with zero attached hydrogens (tertiary/aromatic N) is 2. The van der Waals surface area contributed by atoms with E-state index in [1.165, 1.54) is 12.1 Å². The molecular weight excluding hydrogens is 370 g/mol. The second kappa shape index (κ2) is 8.26. The van der Waals surface area contributed by atoms with Crippen LogP contribution in [0, 0.1) is 6.92 Å². The molecule has 0 aliphatic carbocycles. The Hall–Kier alpha value is -2.80. The minimum Gasteiger partial charge on any atom is -0.479 e. The van der Waals surface area contributed by atoms with E-state index in [4.69, 9.17) is 20.8 Å². The topological polar surface area (TPSA) is 86.4 Å². The molecule has 0 fully saturated rings. The van der Waals surface area contributed by atoms with E-state index in [2.05, 4.69) is 10.3 Å². The third-order valence-corrected chi connectivity index (χ3v) is 4.42. The van der Waals surface area contributed by atoms with Crippen molar-refractivity contribution in [1.29, 1.82) is 0 Å². The van der Waals surface area contributed by atoms with Crippen LogP contribution < -0.4 is 15.7 Å². The molecule has 1 atom stereocenters. The van der Waals surface area contributed by atoms with Crippen molar-refractivity contribution in [1.82, 2.24) is 14.9 Å². The molecule has 1 amide bonds. The monoisotopic (exact) mass is 389 g/mol. The van der Waals surface area contributed by atoms with E-state index < -0.39 is 11.7 Å². The summed E-state index contributed by atoms with van der Waals surface area (Å²) < 4.78 is 12.8. The summed E-state index contributed by atoms with van der Waals surface area (Å²) in [5, 5.41) is 3.90. The van der Waals surface area contributed by atoms with Gasteiger partial charge < -0.3 is 19.0 Å². The zero-order valence-corrected chi connectivity index (χ0v) is 15.8. The molecule has 2 heterocycles. The van der Waals surface area contributed by atoms with Crippen molar-refractivity contribution >= 4 is 28.5 Å². The van der Waals surface area contributed by atoms with Crippen LogP contribution in [0.25, 0.3) is 11.0 Å². The summed E-state index contributed by atoms with van der Waals surface area (Å²) in [6, 6.07) is 4.61. The van der Waals surface area contributed by atoms with E-state index in [9.17, 15) is 9.59 Å². The normalized spacial score (nSPS) is 12.1. The predicted molar refractivity (Wildman–Crippen MR) is 102 cm³/mol. The van der Waals surface area contributed by atoms with Gasteiger partial charge in [0.05, 0.1) is 11.3 Å². The number of nitrogens with one attached hydrogen (secondary N) is 1. The van der Waals surface area contributed by atoms with E-state index in [1.54, 1.807) is 32.4 Å². The number of ether oxygens (including phenoxy) is 1. The van der Waals surface area contributed by atoms with Crippen LogP contribution in [0.2, 0.25) is 5.02 Å². The Bertz CT molecular complexity index is 998. The summed E-state index contributed by atoms with van der Waals surface area (Å²) >= 11 is 6.26. The average molecular weight is 390 g/mol. The van der Waals surface area contributed by atoms with E-state index in [0.717, 1.165) is 23.9 Å². The number of hydrogen-bond donors (Lipinski definition) is 1. The number of carbonyl (C=O) groups is 1. The van der Waals surface area contributed by atoms with Crippen molar-refractivity contribution in [3.63, 3.8) is 0 Å². The van der Waals surface area contributed by atoms with Gasteiger partial charge in [-0.15, -0.1) is 0 Å². The highest BCUT2D eigenvalue weighted by atomic mass is 35.5. The number of fused-ring (bicyclic) bond motifs is 1. The molecule has 0 radical (unpaired) electrons. The van der Waals surface area contributed by atoms with Crippen molar-refractivity contribution < 1.29 is 13.9 Å². The van der Waals surface area contributed by atoms with Gasteiger partial charge in [-0.2, -0.15) is 0 Å². The van der Waals surface area contributed by atoms with Gasteiger partial charge >= 0.3 is 5.63 Å². The second-order valence-corrected chi connectivity index (χ2v) is 6.64. The molecule has 0 aliphatic heterocycles. The van der Waals surface area contributed by atoms with Gasteiger partial charge in [0.1, 0.15) is 11.3 Å². The highest BCUT2D eigenvalue weighted by molar-refractivity contribution is 6.32. The molecule has 1 unspecified atom stereocenters. The first-order valence-electron chi connectivity index (χ1n) is 8.58. The SMILES string of the molecule is Cc1cc(=O)oc2cc(OC(C)C(=O)NCCCn3ccnc3)c(Cl)cc12. The molecule has 0 saturated carbocycles.